The number of carbonyl (C=O) groups is 1. The largest absolute Gasteiger partial charge is 0.397 e. The number of nitrogens with two attached hydrogens (primary N) is 1. The van der Waals surface area contributed by atoms with Crippen LogP contribution in [0.3, 0.4) is 0 Å². The molecule has 3 N–H and O–H groups in total. The van der Waals surface area contributed by atoms with Gasteiger partial charge in [0.1, 0.15) is 6.42 Å². The molecule has 0 unspecified atom stereocenters. The van der Waals surface area contributed by atoms with E-state index in [-0.39, 0.29) is 12.0 Å². The molecule has 0 bridgehead atoms. The molecule has 0 saturated heterocycles. The summed E-state index contributed by atoms with van der Waals surface area (Å²) in [5.41, 5.74) is 5.48. The number of nitrogens with one attached hydrogen (secondary N) is 1. The van der Waals surface area contributed by atoms with E-state index in [1.54, 1.807) is 0 Å². The maximum Gasteiger partial charge on any atom is 0.397 e. The van der Waals surface area contributed by atoms with Crippen LogP contribution in [0, 0.1) is 5.41 Å². The lowest BCUT2D eigenvalue weighted by Crippen LogP contribution is -2.44. The van der Waals surface area contributed by atoms with E-state index in [0.29, 0.717) is 6.54 Å². The Hall–Kier alpha value is -0.780. The van der Waals surface area contributed by atoms with Crippen molar-refractivity contribution in [2.45, 2.75) is 44.7 Å². The highest BCUT2D eigenvalue weighted by Gasteiger charge is 2.34. The molecule has 100 valence electrons. The quantitative estimate of drug-likeness (QED) is 0.803. The third-order valence-electron chi connectivity index (χ3n) is 3.37. The Labute approximate surface area is 98.9 Å². The minimum Gasteiger partial charge on any atom is -0.355 e. The molecule has 3 nitrogen and oxygen atoms in total. The molecule has 6 heteroatoms. The van der Waals surface area contributed by atoms with Gasteiger partial charge in [-0.25, -0.2) is 0 Å². The monoisotopic (exact) mass is 252 g/mol. The molecule has 0 radical (unpaired) electrons. The Morgan fingerprint density at radius 2 is 1.82 bits per heavy atom. The van der Waals surface area contributed by atoms with Crippen LogP contribution in [-0.2, 0) is 4.79 Å². The molecule has 0 aromatic rings. The van der Waals surface area contributed by atoms with Crippen molar-refractivity contribution >= 4 is 5.91 Å². The van der Waals surface area contributed by atoms with Crippen molar-refractivity contribution in [2.75, 3.05) is 13.1 Å². The van der Waals surface area contributed by atoms with E-state index in [4.69, 9.17) is 5.73 Å². The van der Waals surface area contributed by atoms with Crippen LogP contribution in [-0.4, -0.2) is 25.2 Å². The first-order valence-electron chi connectivity index (χ1n) is 5.90. The van der Waals surface area contributed by atoms with E-state index in [2.05, 4.69) is 5.32 Å². The second-order valence-corrected chi connectivity index (χ2v) is 4.83. The summed E-state index contributed by atoms with van der Waals surface area (Å²) in [6.45, 7) is 0.678. The Bertz CT molecular complexity index is 260. The third kappa shape index (κ3) is 4.93. The molecule has 1 amide bonds. The van der Waals surface area contributed by atoms with Crippen LogP contribution >= 0.6 is 0 Å². The van der Waals surface area contributed by atoms with Crippen molar-refractivity contribution < 1.29 is 18.0 Å². The zero-order chi connectivity index (χ0) is 12.9. The van der Waals surface area contributed by atoms with Crippen molar-refractivity contribution in [2.24, 2.45) is 11.1 Å². The SMILES string of the molecule is NCC1(CNC(=O)CC(F)(F)F)CCCCC1. The zero-order valence-electron chi connectivity index (χ0n) is 9.78. The predicted octanol–water partition coefficient (Wildman–Crippen LogP) is 1.96. The molecular weight excluding hydrogens is 233 g/mol. The Morgan fingerprint density at radius 1 is 1.24 bits per heavy atom. The molecular formula is C11H19F3N2O. The molecule has 17 heavy (non-hydrogen) atoms. The Kier molecular flexibility index (Phi) is 4.80. The van der Waals surface area contributed by atoms with Crippen LogP contribution < -0.4 is 11.1 Å². The molecule has 1 saturated carbocycles. The summed E-state index contributed by atoms with van der Waals surface area (Å²) in [5, 5.41) is 2.36. The van der Waals surface area contributed by atoms with E-state index in [9.17, 15) is 18.0 Å². The first-order chi connectivity index (χ1) is 7.87. The molecule has 1 fully saturated rings. The molecule has 0 atom stereocenters. The number of hydrogen-bond acceptors (Lipinski definition) is 2. The highest BCUT2D eigenvalue weighted by Crippen LogP contribution is 2.34. The average molecular weight is 252 g/mol. The summed E-state index contributed by atoms with van der Waals surface area (Å²) in [7, 11) is 0. The fraction of sp³-hybridized carbons (Fsp3) is 0.909. The smallest absolute Gasteiger partial charge is 0.355 e. The molecule has 0 aliphatic heterocycles. The first-order valence-corrected chi connectivity index (χ1v) is 5.90. The van der Waals surface area contributed by atoms with Gasteiger partial charge in [0, 0.05) is 6.54 Å². The molecule has 1 aliphatic rings. The van der Waals surface area contributed by atoms with Crippen molar-refractivity contribution in [3.63, 3.8) is 0 Å². The number of carbonyl (C=O) groups excluding carboxylic acids is 1. The molecule has 1 aliphatic carbocycles. The number of amides is 1. The zero-order valence-corrected chi connectivity index (χ0v) is 9.78. The van der Waals surface area contributed by atoms with E-state index in [1.807, 2.05) is 0 Å². The predicted molar refractivity (Wildman–Crippen MR) is 58.3 cm³/mol. The highest BCUT2D eigenvalue weighted by atomic mass is 19.4. The lowest BCUT2D eigenvalue weighted by atomic mass is 9.74. The van der Waals surface area contributed by atoms with Gasteiger partial charge < -0.3 is 11.1 Å². The summed E-state index contributed by atoms with van der Waals surface area (Å²) in [4.78, 5) is 11.1. The van der Waals surface area contributed by atoms with Gasteiger partial charge in [-0.05, 0) is 24.8 Å². The topological polar surface area (TPSA) is 55.1 Å². The van der Waals surface area contributed by atoms with Gasteiger partial charge in [0.2, 0.25) is 5.91 Å². The van der Waals surface area contributed by atoms with E-state index in [1.165, 1.54) is 0 Å². The minimum atomic E-state index is -4.44. The highest BCUT2D eigenvalue weighted by molar-refractivity contribution is 5.76. The lowest BCUT2D eigenvalue weighted by Gasteiger charge is -2.36. The summed E-state index contributed by atoms with van der Waals surface area (Å²) < 4.78 is 35.9. The van der Waals surface area contributed by atoms with Crippen molar-refractivity contribution in [3.05, 3.63) is 0 Å². The molecule has 0 heterocycles. The second-order valence-electron chi connectivity index (χ2n) is 4.83. The Morgan fingerprint density at radius 3 is 2.29 bits per heavy atom. The van der Waals surface area contributed by atoms with E-state index < -0.39 is 18.5 Å². The number of hydrogen-bond donors (Lipinski definition) is 2. The second kappa shape index (κ2) is 5.71. The summed E-state index contributed by atoms with van der Waals surface area (Å²) in [5.74, 6) is -0.962. The van der Waals surface area contributed by atoms with Crippen LogP contribution in [0.1, 0.15) is 38.5 Å². The fourth-order valence-corrected chi connectivity index (χ4v) is 2.29. The molecule has 0 aromatic carbocycles. The number of halogens is 3. The minimum absolute atomic E-state index is 0.195. The number of rotatable bonds is 4. The van der Waals surface area contributed by atoms with Crippen molar-refractivity contribution in [3.8, 4) is 0 Å². The van der Waals surface area contributed by atoms with E-state index in [0.717, 1.165) is 32.1 Å². The van der Waals surface area contributed by atoms with E-state index >= 15 is 0 Å². The summed E-state index contributed by atoms with van der Waals surface area (Å²) in [6.07, 6.45) is -0.872. The maximum absolute atomic E-state index is 12.0. The van der Waals surface area contributed by atoms with Crippen LogP contribution in [0.15, 0.2) is 0 Å². The first kappa shape index (κ1) is 14.3. The molecule has 1 rings (SSSR count). The van der Waals surface area contributed by atoms with Crippen LogP contribution in [0.2, 0.25) is 0 Å². The number of alkyl halides is 3. The Balaban J connectivity index is 2.39. The van der Waals surface area contributed by atoms with Gasteiger partial charge >= 0.3 is 6.18 Å². The van der Waals surface area contributed by atoms with Gasteiger partial charge in [0.25, 0.3) is 0 Å². The van der Waals surface area contributed by atoms with Gasteiger partial charge in [-0.2, -0.15) is 13.2 Å². The van der Waals surface area contributed by atoms with Gasteiger partial charge in [0.05, 0.1) is 0 Å². The van der Waals surface area contributed by atoms with Gasteiger partial charge in [-0.15, -0.1) is 0 Å². The molecule has 0 spiro atoms. The average Bonchev–Trinajstić information content (AvgIpc) is 2.25. The lowest BCUT2D eigenvalue weighted by molar-refractivity contribution is -0.154. The molecule has 0 aromatic heterocycles. The van der Waals surface area contributed by atoms with Gasteiger partial charge in [0.15, 0.2) is 0 Å². The third-order valence-corrected chi connectivity index (χ3v) is 3.37. The van der Waals surface area contributed by atoms with Gasteiger partial charge in [-0.3, -0.25) is 4.79 Å². The van der Waals surface area contributed by atoms with Crippen molar-refractivity contribution in [1.82, 2.24) is 5.32 Å². The van der Waals surface area contributed by atoms with Crippen LogP contribution in [0.5, 0.6) is 0 Å². The van der Waals surface area contributed by atoms with Gasteiger partial charge in [-0.1, -0.05) is 19.3 Å². The normalized spacial score (nSPS) is 20.0. The van der Waals surface area contributed by atoms with Crippen LogP contribution in [0.4, 0.5) is 13.2 Å². The van der Waals surface area contributed by atoms with Crippen molar-refractivity contribution in [1.29, 1.82) is 0 Å². The van der Waals surface area contributed by atoms with Crippen LogP contribution in [0.25, 0.3) is 0 Å². The summed E-state index contributed by atoms with van der Waals surface area (Å²) >= 11 is 0. The standard InChI is InChI=1S/C11H19F3N2O/c12-11(13,14)6-9(17)16-8-10(7-15)4-2-1-3-5-10/h1-8,15H2,(H,16,17). The maximum atomic E-state index is 12.0. The fourth-order valence-electron chi connectivity index (χ4n) is 2.29. The summed E-state index contributed by atoms with van der Waals surface area (Å²) in [6, 6.07) is 0.